The molecule has 0 radical (unpaired) electrons. The predicted octanol–water partition coefficient (Wildman–Crippen LogP) is 2.35. The fourth-order valence-electron chi connectivity index (χ4n) is 1.65. The molecule has 98 valence electrons. The van der Waals surface area contributed by atoms with E-state index in [-0.39, 0.29) is 18.2 Å². The molecule has 0 rings (SSSR count). The molecule has 0 fully saturated rings. The average molecular weight is 241 g/mol. The second-order valence-electron chi connectivity index (χ2n) is 4.17. The largest absolute Gasteiger partial charge is 0.480 e. The summed E-state index contributed by atoms with van der Waals surface area (Å²) >= 11 is 0. The van der Waals surface area contributed by atoms with Crippen molar-refractivity contribution < 1.29 is 14.7 Å². The van der Waals surface area contributed by atoms with Crippen molar-refractivity contribution in [3.05, 3.63) is 12.7 Å². The van der Waals surface area contributed by atoms with Crippen molar-refractivity contribution >= 4 is 11.9 Å². The number of nitrogens with one attached hydrogen (secondary N) is 1. The summed E-state index contributed by atoms with van der Waals surface area (Å²) in [5, 5.41) is 11.5. The van der Waals surface area contributed by atoms with Crippen LogP contribution in [-0.4, -0.2) is 23.0 Å². The summed E-state index contributed by atoms with van der Waals surface area (Å²) in [7, 11) is 0. The van der Waals surface area contributed by atoms with Crippen molar-refractivity contribution in [2.45, 2.75) is 52.0 Å². The fraction of sp³-hybridized carbons (Fsp3) is 0.692. The highest BCUT2D eigenvalue weighted by Gasteiger charge is 2.22. The van der Waals surface area contributed by atoms with E-state index in [0.29, 0.717) is 0 Å². The maximum absolute atomic E-state index is 11.9. The van der Waals surface area contributed by atoms with E-state index >= 15 is 0 Å². The third-order valence-electron chi connectivity index (χ3n) is 2.79. The first-order valence-electron chi connectivity index (χ1n) is 6.20. The van der Waals surface area contributed by atoms with Gasteiger partial charge in [0.15, 0.2) is 0 Å². The zero-order valence-electron chi connectivity index (χ0n) is 10.7. The predicted molar refractivity (Wildman–Crippen MR) is 67.7 cm³/mol. The molecule has 0 bridgehead atoms. The minimum absolute atomic E-state index is 0.0818. The van der Waals surface area contributed by atoms with E-state index in [9.17, 15) is 9.59 Å². The molecule has 1 amide bonds. The van der Waals surface area contributed by atoms with Crippen LogP contribution in [0.3, 0.4) is 0 Å². The van der Waals surface area contributed by atoms with Gasteiger partial charge in [-0.05, 0) is 19.3 Å². The minimum atomic E-state index is -1.01. The number of carboxylic acid groups (broad SMARTS) is 1. The Morgan fingerprint density at radius 2 is 2.06 bits per heavy atom. The number of hydrogen-bond acceptors (Lipinski definition) is 2. The van der Waals surface area contributed by atoms with Crippen LogP contribution in [-0.2, 0) is 9.59 Å². The zero-order valence-corrected chi connectivity index (χ0v) is 10.7. The van der Waals surface area contributed by atoms with Gasteiger partial charge < -0.3 is 10.4 Å². The first-order chi connectivity index (χ1) is 8.06. The molecule has 0 aromatic heterocycles. The lowest BCUT2D eigenvalue weighted by Crippen LogP contribution is -2.43. The Labute approximate surface area is 103 Å². The van der Waals surface area contributed by atoms with Gasteiger partial charge in [-0.15, -0.1) is 6.58 Å². The summed E-state index contributed by atoms with van der Waals surface area (Å²) in [6.07, 6.45) is 5.35. The molecule has 0 aromatic rings. The Bertz CT molecular complexity index is 263. The number of aliphatic carboxylic acids is 1. The van der Waals surface area contributed by atoms with Crippen LogP contribution >= 0.6 is 0 Å². The monoisotopic (exact) mass is 241 g/mol. The number of carbonyl (C=O) groups is 2. The van der Waals surface area contributed by atoms with Gasteiger partial charge in [-0.3, -0.25) is 4.79 Å². The third kappa shape index (κ3) is 6.09. The molecule has 2 atom stereocenters. The van der Waals surface area contributed by atoms with Crippen molar-refractivity contribution in [1.29, 1.82) is 0 Å². The lowest BCUT2D eigenvalue weighted by Gasteiger charge is -2.18. The van der Waals surface area contributed by atoms with Crippen LogP contribution in [0.15, 0.2) is 12.7 Å². The van der Waals surface area contributed by atoms with Crippen LogP contribution in [0, 0.1) is 5.92 Å². The van der Waals surface area contributed by atoms with Crippen molar-refractivity contribution in [2.75, 3.05) is 0 Å². The highest BCUT2D eigenvalue weighted by atomic mass is 16.4. The Kier molecular flexibility index (Phi) is 8.11. The molecular weight excluding hydrogens is 218 g/mol. The smallest absolute Gasteiger partial charge is 0.326 e. The molecule has 17 heavy (non-hydrogen) atoms. The van der Waals surface area contributed by atoms with Crippen LogP contribution in [0.25, 0.3) is 0 Å². The summed E-state index contributed by atoms with van der Waals surface area (Å²) in [5.74, 6) is -1.25. The summed E-state index contributed by atoms with van der Waals surface area (Å²) in [6, 6.07) is -0.851. The lowest BCUT2D eigenvalue weighted by atomic mass is 9.98. The summed E-state index contributed by atoms with van der Waals surface area (Å²) in [4.78, 5) is 22.7. The highest BCUT2D eigenvalue weighted by molar-refractivity contribution is 5.85. The number of carbonyl (C=O) groups excluding carboxylic acids is 1. The third-order valence-corrected chi connectivity index (χ3v) is 2.79. The molecule has 0 aromatic carbocycles. The number of amides is 1. The zero-order chi connectivity index (χ0) is 13.3. The van der Waals surface area contributed by atoms with Crippen LogP contribution in [0.4, 0.5) is 0 Å². The summed E-state index contributed by atoms with van der Waals surface area (Å²) in [6.45, 7) is 7.51. The second kappa shape index (κ2) is 8.79. The number of rotatable bonds is 9. The standard InChI is InChI=1S/C13H23NO3/c1-4-7-9-10(6-3)12(15)14-11(8-5-2)13(16)17/h5,10-11H,2,4,6-9H2,1,3H3,(H,14,15)(H,16,17). The van der Waals surface area contributed by atoms with E-state index < -0.39 is 12.0 Å². The van der Waals surface area contributed by atoms with Gasteiger partial charge >= 0.3 is 5.97 Å². The molecule has 2 N–H and O–H groups in total. The summed E-state index contributed by atoms with van der Waals surface area (Å²) < 4.78 is 0. The molecule has 4 nitrogen and oxygen atoms in total. The summed E-state index contributed by atoms with van der Waals surface area (Å²) in [5.41, 5.74) is 0. The van der Waals surface area contributed by atoms with Crippen LogP contribution in [0.5, 0.6) is 0 Å². The normalized spacial score (nSPS) is 13.8. The molecule has 0 spiro atoms. The Morgan fingerprint density at radius 1 is 1.41 bits per heavy atom. The van der Waals surface area contributed by atoms with Gasteiger partial charge in [0.25, 0.3) is 0 Å². The molecule has 0 aliphatic rings. The molecule has 4 heteroatoms. The molecule has 0 saturated heterocycles. The Hall–Kier alpha value is -1.32. The maximum atomic E-state index is 11.9. The first-order valence-corrected chi connectivity index (χ1v) is 6.20. The van der Waals surface area contributed by atoms with Crippen molar-refractivity contribution in [3.8, 4) is 0 Å². The van der Waals surface area contributed by atoms with Gasteiger partial charge in [0.05, 0.1) is 0 Å². The van der Waals surface area contributed by atoms with E-state index in [2.05, 4.69) is 18.8 Å². The molecule has 0 aliphatic carbocycles. The maximum Gasteiger partial charge on any atom is 0.326 e. The topological polar surface area (TPSA) is 66.4 Å². The average Bonchev–Trinajstić information content (AvgIpc) is 2.29. The van der Waals surface area contributed by atoms with Gasteiger partial charge in [-0.25, -0.2) is 4.79 Å². The highest BCUT2D eigenvalue weighted by Crippen LogP contribution is 2.13. The lowest BCUT2D eigenvalue weighted by molar-refractivity contribution is -0.142. The molecular formula is C13H23NO3. The second-order valence-corrected chi connectivity index (χ2v) is 4.17. The van der Waals surface area contributed by atoms with Gasteiger partial charge in [0.1, 0.15) is 6.04 Å². The van der Waals surface area contributed by atoms with E-state index in [0.717, 1.165) is 25.7 Å². The van der Waals surface area contributed by atoms with Crippen LogP contribution in [0.1, 0.15) is 46.0 Å². The van der Waals surface area contributed by atoms with Gasteiger partial charge in [0.2, 0.25) is 5.91 Å². The van der Waals surface area contributed by atoms with Gasteiger partial charge in [-0.2, -0.15) is 0 Å². The number of unbranched alkanes of at least 4 members (excludes halogenated alkanes) is 1. The number of carboxylic acids is 1. The van der Waals surface area contributed by atoms with E-state index in [1.165, 1.54) is 6.08 Å². The Morgan fingerprint density at radius 3 is 2.47 bits per heavy atom. The van der Waals surface area contributed by atoms with Crippen LogP contribution < -0.4 is 5.32 Å². The van der Waals surface area contributed by atoms with Crippen molar-refractivity contribution in [1.82, 2.24) is 5.32 Å². The molecule has 0 saturated carbocycles. The van der Waals surface area contributed by atoms with Crippen molar-refractivity contribution in [2.24, 2.45) is 5.92 Å². The van der Waals surface area contributed by atoms with E-state index in [1.54, 1.807) is 0 Å². The molecule has 0 aliphatic heterocycles. The molecule has 2 unspecified atom stereocenters. The van der Waals surface area contributed by atoms with Gasteiger partial charge in [-0.1, -0.05) is 32.8 Å². The van der Waals surface area contributed by atoms with E-state index in [1.807, 2.05) is 6.92 Å². The fourth-order valence-corrected chi connectivity index (χ4v) is 1.65. The SMILES string of the molecule is C=CCC(NC(=O)C(CC)CCCC)C(=O)O. The quantitative estimate of drug-likeness (QED) is 0.609. The van der Waals surface area contributed by atoms with Crippen molar-refractivity contribution in [3.63, 3.8) is 0 Å². The van der Waals surface area contributed by atoms with Crippen LogP contribution in [0.2, 0.25) is 0 Å². The van der Waals surface area contributed by atoms with E-state index in [4.69, 9.17) is 5.11 Å². The minimum Gasteiger partial charge on any atom is -0.480 e. The van der Waals surface area contributed by atoms with Gasteiger partial charge in [0, 0.05) is 5.92 Å². The first kappa shape index (κ1) is 15.7. The molecule has 0 heterocycles. The number of hydrogen-bond donors (Lipinski definition) is 2. The Balaban J connectivity index is 4.34.